The predicted octanol–water partition coefficient (Wildman–Crippen LogP) is 6.28. The second kappa shape index (κ2) is 8.66. The van der Waals surface area contributed by atoms with E-state index >= 15 is 0 Å². The molecule has 0 aliphatic carbocycles. The lowest BCUT2D eigenvalue weighted by molar-refractivity contribution is 0.224. The molecule has 0 saturated heterocycles. The number of halogens is 2. The molecule has 1 aromatic heterocycles. The SMILES string of the molecule is CCC(Nc1nc2c(Cc3ccc(Br)cc3)cccc2[nH]1)Oc1ccc(F)cc1. The van der Waals surface area contributed by atoms with E-state index < -0.39 is 0 Å². The monoisotopic (exact) mass is 453 g/mol. The quantitative estimate of drug-likeness (QED) is 0.323. The van der Waals surface area contributed by atoms with Crippen LogP contribution >= 0.6 is 15.9 Å². The minimum absolute atomic E-state index is 0.282. The Bertz CT molecular complexity index is 1090. The van der Waals surface area contributed by atoms with Gasteiger partial charge in [-0.05, 0) is 60.0 Å². The Morgan fingerprint density at radius 1 is 1.07 bits per heavy atom. The van der Waals surface area contributed by atoms with Gasteiger partial charge in [0, 0.05) is 10.9 Å². The molecule has 29 heavy (non-hydrogen) atoms. The molecule has 0 amide bonds. The van der Waals surface area contributed by atoms with Crippen LogP contribution in [0.5, 0.6) is 5.75 Å². The lowest BCUT2D eigenvalue weighted by Gasteiger charge is -2.18. The number of benzene rings is 3. The average Bonchev–Trinajstić information content (AvgIpc) is 3.14. The van der Waals surface area contributed by atoms with Crippen LogP contribution < -0.4 is 10.1 Å². The van der Waals surface area contributed by atoms with E-state index in [9.17, 15) is 4.39 Å². The number of aromatic amines is 1. The van der Waals surface area contributed by atoms with Crippen LogP contribution in [0.25, 0.3) is 11.0 Å². The van der Waals surface area contributed by atoms with Gasteiger partial charge in [-0.3, -0.25) is 0 Å². The normalized spacial score (nSPS) is 12.1. The second-order valence-electron chi connectivity index (χ2n) is 6.81. The van der Waals surface area contributed by atoms with Crippen molar-refractivity contribution in [1.82, 2.24) is 9.97 Å². The molecule has 4 rings (SSSR count). The highest BCUT2D eigenvalue weighted by molar-refractivity contribution is 9.10. The Balaban J connectivity index is 1.53. The molecule has 0 radical (unpaired) electrons. The van der Waals surface area contributed by atoms with E-state index in [1.807, 2.05) is 31.2 Å². The summed E-state index contributed by atoms with van der Waals surface area (Å²) in [6.45, 7) is 2.02. The van der Waals surface area contributed by atoms with Crippen LogP contribution in [0, 0.1) is 5.82 Å². The number of hydrogen-bond acceptors (Lipinski definition) is 3. The van der Waals surface area contributed by atoms with Gasteiger partial charge >= 0.3 is 0 Å². The van der Waals surface area contributed by atoms with Crippen LogP contribution in [0.15, 0.2) is 71.2 Å². The lowest BCUT2D eigenvalue weighted by Crippen LogP contribution is -2.26. The molecule has 0 saturated carbocycles. The molecule has 6 heteroatoms. The third-order valence-corrected chi connectivity index (χ3v) is 5.19. The summed E-state index contributed by atoms with van der Waals surface area (Å²) in [7, 11) is 0. The molecular weight excluding hydrogens is 433 g/mol. The fourth-order valence-corrected chi connectivity index (χ4v) is 3.43. The number of ether oxygens (including phenoxy) is 1. The van der Waals surface area contributed by atoms with E-state index in [0.717, 1.165) is 33.9 Å². The molecular formula is C23H21BrFN3O. The number of imidazole rings is 1. The summed E-state index contributed by atoms with van der Waals surface area (Å²) in [4.78, 5) is 8.07. The van der Waals surface area contributed by atoms with Crippen molar-refractivity contribution < 1.29 is 9.13 Å². The van der Waals surface area contributed by atoms with Crippen LogP contribution in [0.1, 0.15) is 24.5 Å². The fourth-order valence-electron chi connectivity index (χ4n) is 3.17. The Kier molecular flexibility index (Phi) is 5.81. The first-order valence-electron chi connectivity index (χ1n) is 9.51. The van der Waals surface area contributed by atoms with Crippen molar-refractivity contribution in [3.8, 4) is 5.75 Å². The molecule has 1 heterocycles. The minimum Gasteiger partial charge on any atom is -0.471 e. The zero-order chi connectivity index (χ0) is 20.2. The number of aromatic nitrogens is 2. The number of hydrogen-bond donors (Lipinski definition) is 2. The predicted molar refractivity (Wildman–Crippen MR) is 118 cm³/mol. The zero-order valence-corrected chi connectivity index (χ0v) is 17.5. The van der Waals surface area contributed by atoms with Crippen molar-refractivity contribution in [3.05, 3.63) is 88.1 Å². The van der Waals surface area contributed by atoms with Gasteiger partial charge in [-0.2, -0.15) is 0 Å². The largest absolute Gasteiger partial charge is 0.471 e. The molecule has 4 aromatic rings. The van der Waals surface area contributed by atoms with E-state index in [-0.39, 0.29) is 12.0 Å². The molecule has 0 fully saturated rings. The highest BCUT2D eigenvalue weighted by Crippen LogP contribution is 2.23. The summed E-state index contributed by atoms with van der Waals surface area (Å²) in [6.07, 6.45) is 1.24. The molecule has 1 unspecified atom stereocenters. The van der Waals surface area contributed by atoms with Gasteiger partial charge in [-0.25, -0.2) is 9.37 Å². The van der Waals surface area contributed by atoms with E-state index in [4.69, 9.17) is 9.72 Å². The van der Waals surface area contributed by atoms with Crippen LogP contribution in [0.4, 0.5) is 10.3 Å². The summed E-state index contributed by atoms with van der Waals surface area (Å²) in [5, 5.41) is 3.29. The van der Waals surface area contributed by atoms with Gasteiger partial charge in [0.1, 0.15) is 11.6 Å². The van der Waals surface area contributed by atoms with E-state index in [1.54, 1.807) is 12.1 Å². The van der Waals surface area contributed by atoms with Crippen LogP contribution in [0.2, 0.25) is 0 Å². The number of para-hydroxylation sites is 1. The minimum atomic E-state index is -0.283. The molecule has 0 aliphatic rings. The molecule has 3 aromatic carbocycles. The third kappa shape index (κ3) is 4.77. The van der Waals surface area contributed by atoms with Crippen molar-refractivity contribution in [2.45, 2.75) is 26.0 Å². The molecule has 1 atom stereocenters. The Morgan fingerprint density at radius 3 is 2.55 bits per heavy atom. The van der Waals surface area contributed by atoms with Gasteiger partial charge in [0.25, 0.3) is 0 Å². The molecule has 0 spiro atoms. The van der Waals surface area contributed by atoms with Crippen molar-refractivity contribution in [2.24, 2.45) is 0 Å². The first-order valence-corrected chi connectivity index (χ1v) is 10.3. The van der Waals surface area contributed by atoms with Crippen LogP contribution in [-0.2, 0) is 6.42 Å². The van der Waals surface area contributed by atoms with Gasteiger partial charge in [0.05, 0.1) is 11.0 Å². The smallest absolute Gasteiger partial charge is 0.204 e. The summed E-state index contributed by atoms with van der Waals surface area (Å²) in [6, 6.07) is 20.5. The summed E-state index contributed by atoms with van der Waals surface area (Å²) < 4.78 is 20.1. The van der Waals surface area contributed by atoms with Gasteiger partial charge in [0.15, 0.2) is 6.23 Å². The number of nitrogens with one attached hydrogen (secondary N) is 2. The maximum Gasteiger partial charge on any atom is 0.204 e. The number of rotatable bonds is 7. The van der Waals surface area contributed by atoms with Gasteiger partial charge in [-0.15, -0.1) is 0 Å². The topological polar surface area (TPSA) is 49.9 Å². The van der Waals surface area contributed by atoms with E-state index in [0.29, 0.717) is 11.7 Å². The second-order valence-corrected chi connectivity index (χ2v) is 7.73. The van der Waals surface area contributed by atoms with Gasteiger partial charge in [-0.1, -0.05) is 47.1 Å². The summed E-state index contributed by atoms with van der Waals surface area (Å²) in [5.41, 5.74) is 4.29. The fraction of sp³-hybridized carbons (Fsp3) is 0.174. The first-order chi connectivity index (χ1) is 14.1. The van der Waals surface area contributed by atoms with Crippen molar-refractivity contribution >= 4 is 32.9 Å². The third-order valence-electron chi connectivity index (χ3n) is 4.66. The maximum absolute atomic E-state index is 13.1. The van der Waals surface area contributed by atoms with Crippen molar-refractivity contribution in [1.29, 1.82) is 0 Å². The molecule has 148 valence electrons. The van der Waals surface area contributed by atoms with E-state index in [2.05, 4.69) is 44.4 Å². The maximum atomic E-state index is 13.1. The highest BCUT2D eigenvalue weighted by atomic mass is 79.9. The zero-order valence-electron chi connectivity index (χ0n) is 16.0. The summed E-state index contributed by atoms with van der Waals surface area (Å²) >= 11 is 3.47. The van der Waals surface area contributed by atoms with Gasteiger partial charge in [0.2, 0.25) is 5.95 Å². The van der Waals surface area contributed by atoms with Crippen LogP contribution in [0.3, 0.4) is 0 Å². The van der Waals surface area contributed by atoms with Crippen molar-refractivity contribution in [2.75, 3.05) is 5.32 Å². The number of anilines is 1. The molecule has 2 N–H and O–H groups in total. The average molecular weight is 454 g/mol. The Morgan fingerprint density at radius 2 is 1.83 bits per heavy atom. The van der Waals surface area contributed by atoms with Gasteiger partial charge < -0.3 is 15.0 Å². The number of fused-ring (bicyclic) bond motifs is 1. The number of H-pyrrole nitrogens is 1. The van der Waals surface area contributed by atoms with Crippen molar-refractivity contribution in [3.63, 3.8) is 0 Å². The first kappa shape index (κ1) is 19.5. The number of nitrogens with zero attached hydrogens (tertiary/aromatic N) is 1. The highest BCUT2D eigenvalue weighted by Gasteiger charge is 2.13. The standard InChI is InChI=1S/C23H21BrFN3O/c1-2-21(29-19-12-10-18(25)11-13-19)27-23-26-20-5-3-4-16(22(20)28-23)14-15-6-8-17(24)9-7-15/h3-13,21H,2,14H2,1H3,(H2,26,27,28). The summed E-state index contributed by atoms with van der Waals surface area (Å²) in [5.74, 6) is 0.976. The molecule has 0 bridgehead atoms. The molecule has 4 nitrogen and oxygen atoms in total. The lowest BCUT2D eigenvalue weighted by atomic mass is 10.0. The Labute approximate surface area is 177 Å². The van der Waals surface area contributed by atoms with E-state index in [1.165, 1.54) is 17.7 Å². The van der Waals surface area contributed by atoms with Crippen LogP contribution in [-0.4, -0.2) is 16.2 Å². The molecule has 0 aliphatic heterocycles. The Hall–Kier alpha value is -2.86.